The molecule has 2 aromatic rings. The van der Waals surface area contributed by atoms with Crippen LogP contribution in [-0.4, -0.2) is 45.4 Å². The molecule has 0 spiro atoms. The zero-order valence-corrected chi connectivity index (χ0v) is 23.3. The second-order valence-electron chi connectivity index (χ2n) is 7.94. The molecule has 1 amide bonds. The van der Waals surface area contributed by atoms with Crippen LogP contribution in [0.3, 0.4) is 0 Å². The smallest absolute Gasteiger partial charge is 0.255 e. The minimum absolute atomic E-state index is 0.244. The van der Waals surface area contributed by atoms with Crippen molar-refractivity contribution in [2.24, 2.45) is 5.73 Å². The van der Waals surface area contributed by atoms with Gasteiger partial charge in [-0.05, 0) is 73.8 Å². The summed E-state index contributed by atoms with van der Waals surface area (Å²) in [7, 11) is 0.354. The first-order valence-corrected chi connectivity index (χ1v) is 14.2. The summed E-state index contributed by atoms with van der Waals surface area (Å²) in [6.07, 6.45) is 14.4. The number of aryl methyl sites for hydroxylation is 1. The van der Waals surface area contributed by atoms with E-state index >= 15 is 0 Å². The maximum absolute atomic E-state index is 12.1. The molecule has 2 rings (SSSR count). The molecule has 0 bridgehead atoms. The highest BCUT2D eigenvalue weighted by Gasteiger charge is 2.14. The normalized spacial score (nSPS) is 15.5. The molecule has 3 N–H and O–H groups in total. The number of allylic oxidation sites excluding steroid dienone is 6. The minimum atomic E-state index is -0.767. The number of thioether (sulfide) groups is 1. The number of fused-ring (bicyclic) bond motifs is 1. The van der Waals surface area contributed by atoms with Crippen molar-refractivity contribution in [1.82, 2.24) is 9.55 Å². The Balaban J connectivity index is 2.29. The van der Waals surface area contributed by atoms with Crippen LogP contribution in [0.1, 0.15) is 39.2 Å². The summed E-state index contributed by atoms with van der Waals surface area (Å²) >= 11 is 7.72. The Bertz CT molecular complexity index is 1110. The van der Waals surface area contributed by atoms with E-state index in [4.69, 9.17) is 22.1 Å². The van der Waals surface area contributed by atoms with Crippen molar-refractivity contribution >= 4 is 55.1 Å². The van der Waals surface area contributed by atoms with E-state index in [0.29, 0.717) is 39.4 Å². The number of carbonyl (C=O) groups excluding carboxylic acids is 1. The molecule has 1 aromatic carbocycles. The van der Waals surface area contributed by atoms with Crippen molar-refractivity contribution in [3.05, 3.63) is 69.6 Å². The van der Waals surface area contributed by atoms with Crippen molar-refractivity contribution in [3.8, 4) is 0 Å². The average Bonchev–Trinajstić information content (AvgIpc) is 3.22. The largest absolute Gasteiger partial charge is 0.368 e. The van der Waals surface area contributed by atoms with Crippen molar-refractivity contribution in [2.45, 2.75) is 52.0 Å². The maximum Gasteiger partial charge on any atom is 0.255 e. The molecule has 3 unspecified atom stereocenters. The minimum Gasteiger partial charge on any atom is -0.368 e. The van der Waals surface area contributed by atoms with Crippen LogP contribution in [0.15, 0.2) is 64.1 Å². The molecule has 1 aromatic heterocycles. The number of imidazole rings is 1. The Labute approximate surface area is 219 Å². The quantitative estimate of drug-likeness (QED) is 0.134. The predicted octanol–water partition coefficient (Wildman–Crippen LogP) is 6.01. The number of primary amides is 1. The molecule has 0 aliphatic heterocycles. The van der Waals surface area contributed by atoms with E-state index in [-0.39, 0.29) is 5.66 Å². The van der Waals surface area contributed by atoms with Crippen LogP contribution in [0, 0.1) is 0 Å². The molecule has 190 valence electrons. The molecule has 1 heterocycles. The van der Waals surface area contributed by atoms with Crippen LogP contribution < -0.4 is 5.73 Å². The average molecular weight is 536 g/mol. The van der Waals surface area contributed by atoms with Crippen molar-refractivity contribution in [2.75, 3.05) is 12.9 Å². The number of amides is 1. The summed E-state index contributed by atoms with van der Waals surface area (Å²) in [4.78, 5) is 17.2. The molecular formula is C26H35ClN3O3PS. The van der Waals surface area contributed by atoms with Gasteiger partial charge in [-0.2, -0.15) is 0 Å². The van der Waals surface area contributed by atoms with Gasteiger partial charge < -0.3 is 20.1 Å². The number of hydrogen-bond donors (Lipinski definition) is 2. The monoisotopic (exact) mass is 535 g/mol. The lowest BCUT2D eigenvalue weighted by molar-refractivity contribution is -0.113. The van der Waals surface area contributed by atoms with E-state index in [1.165, 1.54) is 11.8 Å². The highest BCUT2D eigenvalue weighted by atomic mass is 35.5. The predicted molar refractivity (Wildman–Crippen MR) is 152 cm³/mol. The Hall–Kier alpha value is -1.89. The molecule has 9 heteroatoms. The number of hydrogen-bond acceptors (Lipinski definition) is 5. The van der Waals surface area contributed by atoms with Gasteiger partial charge in [-0.3, -0.25) is 4.79 Å². The first-order chi connectivity index (χ1) is 16.8. The van der Waals surface area contributed by atoms with E-state index in [9.17, 15) is 9.90 Å². The Morgan fingerprint density at radius 1 is 1.43 bits per heavy atom. The first-order valence-electron chi connectivity index (χ1n) is 11.5. The number of aliphatic hydroxyl groups excluding tert-OH is 1. The summed E-state index contributed by atoms with van der Waals surface area (Å²) < 4.78 is 7.15. The molecular weight excluding hydrogens is 501 g/mol. The highest BCUT2D eigenvalue weighted by molar-refractivity contribution is 8.03. The van der Waals surface area contributed by atoms with Crippen LogP contribution in [0.25, 0.3) is 17.2 Å². The van der Waals surface area contributed by atoms with E-state index in [1.54, 1.807) is 6.33 Å². The number of ether oxygens (including phenoxy) is 1. The van der Waals surface area contributed by atoms with Crippen LogP contribution >= 0.6 is 31.9 Å². The third-order valence-electron chi connectivity index (χ3n) is 5.13. The van der Waals surface area contributed by atoms with Crippen LogP contribution in [0.4, 0.5) is 0 Å². The van der Waals surface area contributed by atoms with Gasteiger partial charge in [0, 0.05) is 24.3 Å². The zero-order chi connectivity index (χ0) is 25.8. The Morgan fingerprint density at radius 3 is 2.86 bits per heavy atom. The second kappa shape index (κ2) is 15.3. The molecule has 3 atom stereocenters. The summed E-state index contributed by atoms with van der Waals surface area (Å²) in [5.74, 6) is -0.432. The molecule has 0 radical (unpaired) electrons. The number of nitrogens with zero attached hydrogens (tertiary/aromatic N) is 2. The third kappa shape index (κ3) is 9.59. The highest BCUT2D eigenvalue weighted by Crippen LogP contribution is 2.39. The van der Waals surface area contributed by atoms with E-state index in [2.05, 4.69) is 18.0 Å². The van der Waals surface area contributed by atoms with Gasteiger partial charge in [0.15, 0.2) is 6.29 Å². The SMILES string of the molecule is C/C=C\C=C(\Cl)CC(C)PC(/C=C/n1cnc2ccc(CCC(O)OCC)cc21)=C(/SC)C(N)=O. The second-order valence-corrected chi connectivity index (χ2v) is 11.1. The summed E-state index contributed by atoms with van der Waals surface area (Å²) in [6, 6.07) is 6.05. The topological polar surface area (TPSA) is 90.4 Å². The zero-order valence-electron chi connectivity index (χ0n) is 20.7. The number of halogens is 1. The molecule has 35 heavy (non-hydrogen) atoms. The fraction of sp³-hybridized carbons (Fsp3) is 0.385. The van der Waals surface area contributed by atoms with Gasteiger partial charge in [-0.15, -0.1) is 11.8 Å². The van der Waals surface area contributed by atoms with Gasteiger partial charge in [0.05, 0.1) is 22.3 Å². The number of rotatable bonds is 14. The lowest BCUT2D eigenvalue weighted by atomic mass is 10.1. The molecule has 0 saturated heterocycles. The number of carbonyl (C=O) groups is 1. The molecule has 0 aliphatic carbocycles. The van der Waals surface area contributed by atoms with Gasteiger partial charge in [0.2, 0.25) is 0 Å². The number of benzene rings is 1. The summed E-state index contributed by atoms with van der Waals surface area (Å²) in [5, 5.41) is 11.5. The van der Waals surface area contributed by atoms with Crippen molar-refractivity contribution in [3.63, 3.8) is 0 Å². The van der Waals surface area contributed by atoms with Gasteiger partial charge in [0.25, 0.3) is 5.91 Å². The standard InChI is InChI=1S/C26H35ClN3O3PS/c1-5-7-8-20(27)15-18(3)34-23(25(35-4)26(28)32)13-14-30-17-29-21-11-9-19(16-22(21)30)10-12-24(31)33-6-2/h5,7-9,11,13-14,16-18,24,31,34H,6,10,12,15H2,1-4H3,(H2,28,32)/b7-5-,14-13+,20-8+,25-23+. The van der Waals surface area contributed by atoms with Crippen LogP contribution in [0.2, 0.25) is 0 Å². The first kappa shape index (κ1) is 29.3. The van der Waals surface area contributed by atoms with Crippen molar-refractivity contribution in [1.29, 1.82) is 0 Å². The van der Waals surface area contributed by atoms with Crippen LogP contribution in [0.5, 0.6) is 0 Å². The summed E-state index contributed by atoms with van der Waals surface area (Å²) in [6.45, 7) is 6.41. The lowest BCUT2D eigenvalue weighted by Gasteiger charge is -2.14. The van der Waals surface area contributed by atoms with Gasteiger partial charge in [-0.25, -0.2) is 4.98 Å². The van der Waals surface area contributed by atoms with Crippen LogP contribution in [-0.2, 0) is 16.0 Å². The molecule has 0 saturated carbocycles. The number of aliphatic hydroxyl groups is 1. The number of aromatic nitrogens is 2. The van der Waals surface area contributed by atoms with Gasteiger partial charge in [-0.1, -0.05) is 45.3 Å². The molecule has 0 aliphatic rings. The number of nitrogens with two attached hydrogens (primary N) is 1. The van der Waals surface area contributed by atoms with Crippen molar-refractivity contribution < 1.29 is 14.6 Å². The maximum atomic E-state index is 12.1. The van der Waals surface area contributed by atoms with Gasteiger partial charge in [0.1, 0.15) is 0 Å². The molecule has 6 nitrogen and oxygen atoms in total. The molecule has 0 fully saturated rings. The third-order valence-corrected chi connectivity index (χ3v) is 7.84. The fourth-order valence-corrected chi connectivity index (χ4v) is 6.16. The van der Waals surface area contributed by atoms with E-state index < -0.39 is 12.2 Å². The van der Waals surface area contributed by atoms with Gasteiger partial charge >= 0.3 is 0 Å². The van der Waals surface area contributed by atoms with E-state index in [0.717, 1.165) is 26.9 Å². The fourth-order valence-electron chi connectivity index (χ4n) is 3.48. The Kier molecular flexibility index (Phi) is 12.8. The van der Waals surface area contributed by atoms with E-state index in [1.807, 2.05) is 67.3 Å². The lowest BCUT2D eigenvalue weighted by Crippen LogP contribution is -2.13. The summed E-state index contributed by atoms with van der Waals surface area (Å²) in [5.41, 5.74) is 8.83. The Morgan fingerprint density at radius 2 is 2.20 bits per heavy atom.